The van der Waals surface area contributed by atoms with Gasteiger partial charge in [0.1, 0.15) is 12.0 Å². The predicted octanol–water partition coefficient (Wildman–Crippen LogP) is 3.10. The predicted molar refractivity (Wildman–Crippen MR) is 75.6 cm³/mol. The van der Waals surface area contributed by atoms with Crippen LogP contribution in [0.5, 0.6) is 0 Å². The van der Waals surface area contributed by atoms with Crippen LogP contribution in [0, 0.1) is 0 Å². The van der Waals surface area contributed by atoms with Crippen LogP contribution in [0.15, 0.2) is 42.5 Å². The smallest absolute Gasteiger partial charge is 0.416 e. The van der Waals surface area contributed by atoms with E-state index in [2.05, 4.69) is 0 Å². The van der Waals surface area contributed by atoms with Crippen molar-refractivity contribution >= 4 is 34.4 Å². The van der Waals surface area contributed by atoms with Crippen LogP contribution in [-0.4, -0.2) is 30.1 Å². The molecule has 0 N–H and O–H groups in total. The highest BCUT2D eigenvalue weighted by molar-refractivity contribution is 6.32. The summed E-state index contributed by atoms with van der Waals surface area (Å²) in [6.07, 6.45) is -0.624. The number of hydrogen-bond acceptors (Lipinski definition) is 3. The SMILES string of the molecule is O=C1OCCN1C(=O)[C@H](Cl)c1cccc2ccccc12. The fourth-order valence-electron chi connectivity index (χ4n) is 2.33. The van der Waals surface area contributed by atoms with Gasteiger partial charge in [-0.25, -0.2) is 9.69 Å². The van der Waals surface area contributed by atoms with E-state index in [0.717, 1.165) is 15.7 Å². The number of rotatable bonds is 2. The lowest BCUT2D eigenvalue weighted by Crippen LogP contribution is -2.34. The second-order valence-corrected chi connectivity index (χ2v) is 4.97. The molecule has 0 radical (unpaired) electrons. The maximum atomic E-state index is 12.3. The summed E-state index contributed by atoms with van der Waals surface area (Å²) in [7, 11) is 0. The van der Waals surface area contributed by atoms with Crippen LogP contribution in [0.2, 0.25) is 0 Å². The van der Waals surface area contributed by atoms with Crippen molar-refractivity contribution in [2.75, 3.05) is 13.2 Å². The van der Waals surface area contributed by atoms with Crippen LogP contribution in [0.25, 0.3) is 10.8 Å². The van der Waals surface area contributed by atoms with Crippen molar-refractivity contribution in [1.82, 2.24) is 4.90 Å². The first-order valence-corrected chi connectivity index (χ1v) is 6.72. The fourth-order valence-corrected chi connectivity index (χ4v) is 2.64. The molecule has 4 nitrogen and oxygen atoms in total. The van der Waals surface area contributed by atoms with Gasteiger partial charge < -0.3 is 4.74 Å². The van der Waals surface area contributed by atoms with E-state index in [9.17, 15) is 9.59 Å². The molecule has 2 aromatic carbocycles. The number of carbonyl (C=O) groups excluding carboxylic acids is 2. The van der Waals surface area contributed by atoms with Crippen molar-refractivity contribution in [3.8, 4) is 0 Å². The molecule has 0 aromatic heterocycles. The normalized spacial score (nSPS) is 16.2. The molecule has 2 amide bonds. The molecule has 0 aliphatic carbocycles. The maximum absolute atomic E-state index is 12.3. The van der Waals surface area contributed by atoms with Gasteiger partial charge in [-0.15, -0.1) is 11.6 Å². The van der Waals surface area contributed by atoms with Gasteiger partial charge in [-0.2, -0.15) is 0 Å². The van der Waals surface area contributed by atoms with Crippen LogP contribution < -0.4 is 0 Å². The zero-order valence-electron chi connectivity index (χ0n) is 10.6. The van der Waals surface area contributed by atoms with Crippen LogP contribution in [-0.2, 0) is 9.53 Å². The number of cyclic esters (lactones) is 1. The summed E-state index contributed by atoms with van der Waals surface area (Å²) < 4.78 is 4.77. The summed E-state index contributed by atoms with van der Waals surface area (Å²) in [5, 5.41) is 1.02. The third-order valence-electron chi connectivity index (χ3n) is 3.34. The van der Waals surface area contributed by atoms with E-state index in [0.29, 0.717) is 5.56 Å². The van der Waals surface area contributed by atoms with Crippen molar-refractivity contribution < 1.29 is 14.3 Å². The largest absolute Gasteiger partial charge is 0.447 e. The van der Waals surface area contributed by atoms with E-state index in [4.69, 9.17) is 16.3 Å². The number of benzene rings is 2. The van der Waals surface area contributed by atoms with Gasteiger partial charge in [0.05, 0.1) is 6.54 Å². The summed E-state index contributed by atoms with van der Waals surface area (Å²) in [6.45, 7) is 0.482. The highest BCUT2D eigenvalue weighted by atomic mass is 35.5. The van der Waals surface area contributed by atoms with Crippen LogP contribution in [0.4, 0.5) is 4.79 Å². The van der Waals surface area contributed by atoms with Crippen molar-refractivity contribution in [2.24, 2.45) is 0 Å². The minimum Gasteiger partial charge on any atom is -0.447 e. The van der Waals surface area contributed by atoms with Crippen molar-refractivity contribution in [1.29, 1.82) is 0 Å². The lowest BCUT2D eigenvalue weighted by atomic mass is 10.0. The van der Waals surface area contributed by atoms with Crippen LogP contribution in [0.3, 0.4) is 0 Å². The Bertz CT molecular complexity index is 680. The van der Waals surface area contributed by atoms with Crippen molar-refractivity contribution in [2.45, 2.75) is 5.38 Å². The Morgan fingerprint density at radius 2 is 1.95 bits per heavy atom. The van der Waals surface area contributed by atoms with Gasteiger partial charge >= 0.3 is 6.09 Å². The van der Waals surface area contributed by atoms with E-state index in [1.54, 1.807) is 6.07 Å². The number of nitrogens with zero attached hydrogens (tertiary/aromatic N) is 1. The summed E-state index contributed by atoms with van der Waals surface area (Å²) in [5.41, 5.74) is 0.703. The average molecular weight is 290 g/mol. The molecule has 3 rings (SSSR count). The molecule has 0 bridgehead atoms. The first kappa shape index (κ1) is 12.9. The molecule has 102 valence electrons. The highest BCUT2D eigenvalue weighted by Crippen LogP contribution is 2.30. The van der Waals surface area contributed by atoms with Gasteiger partial charge in [-0.1, -0.05) is 42.5 Å². The van der Waals surface area contributed by atoms with Crippen LogP contribution >= 0.6 is 11.6 Å². The number of halogens is 1. The Morgan fingerprint density at radius 1 is 1.20 bits per heavy atom. The number of fused-ring (bicyclic) bond motifs is 1. The number of imide groups is 1. The first-order valence-electron chi connectivity index (χ1n) is 6.28. The Labute approximate surface area is 120 Å². The topological polar surface area (TPSA) is 46.6 Å². The lowest BCUT2D eigenvalue weighted by molar-refractivity contribution is -0.127. The molecule has 1 aliphatic heterocycles. The standard InChI is InChI=1S/C15H12ClNO3/c16-13(14(18)17-8-9-20-15(17)19)12-7-3-5-10-4-1-2-6-11(10)12/h1-7,13H,8-9H2/t13-/m1/s1. The Morgan fingerprint density at radius 3 is 2.70 bits per heavy atom. The molecule has 0 spiro atoms. The number of amides is 2. The quantitative estimate of drug-likeness (QED) is 0.798. The van der Waals surface area contributed by atoms with E-state index >= 15 is 0 Å². The molecule has 1 atom stereocenters. The summed E-state index contributed by atoms with van der Waals surface area (Å²) >= 11 is 6.28. The second kappa shape index (κ2) is 5.13. The van der Waals surface area contributed by atoms with E-state index < -0.39 is 17.4 Å². The zero-order chi connectivity index (χ0) is 14.1. The molecule has 1 saturated heterocycles. The molecular weight excluding hydrogens is 278 g/mol. The molecule has 0 unspecified atom stereocenters. The van der Waals surface area contributed by atoms with E-state index in [-0.39, 0.29) is 13.2 Å². The number of ether oxygens (including phenoxy) is 1. The Balaban J connectivity index is 1.98. The average Bonchev–Trinajstić information content (AvgIpc) is 2.91. The minimum atomic E-state index is -0.897. The summed E-state index contributed by atoms with van der Waals surface area (Å²) in [6, 6.07) is 13.3. The summed E-state index contributed by atoms with van der Waals surface area (Å²) in [5.74, 6) is -0.439. The minimum absolute atomic E-state index is 0.226. The molecule has 1 heterocycles. The maximum Gasteiger partial charge on any atom is 0.416 e. The summed E-state index contributed by atoms with van der Waals surface area (Å²) in [4.78, 5) is 24.8. The molecule has 1 aliphatic rings. The molecule has 20 heavy (non-hydrogen) atoms. The molecule has 1 fully saturated rings. The monoisotopic (exact) mass is 289 g/mol. The second-order valence-electron chi connectivity index (χ2n) is 4.54. The van der Waals surface area contributed by atoms with E-state index in [1.807, 2.05) is 36.4 Å². The number of alkyl halides is 1. The van der Waals surface area contributed by atoms with Crippen molar-refractivity contribution in [3.63, 3.8) is 0 Å². The molecular formula is C15H12ClNO3. The third-order valence-corrected chi connectivity index (χ3v) is 3.76. The fraction of sp³-hybridized carbons (Fsp3) is 0.200. The van der Waals surface area contributed by atoms with Gasteiger partial charge in [-0.3, -0.25) is 4.79 Å². The van der Waals surface area contributed by atoms with Gasteiger partial charge in [0.25, 0.3) is 5.91 Å². The lowest BCUT2D eigenvalue weighted by Gasteiger charge is -2.16. The van der Waals surface area contributed by atoms with Gasteiger partial charge in [0.15, 0.2) is 0 Å². The number of hydrogen-bond donors (Lipinski definition) is 0. The van der Waals surface area contributed by atoms with Gasteiger partial charge in [0, 0.05) is 0 Å². The molecule has 0 saturated carbocycles. The van der Waals surface area contributed by atoms with Gasteiger partial charge in [0.2, 0.25) is 0 Å². The number of carbonyl (C=O) groups is 2. The Kier molecular flexibility index (Phi) is 3.32. The molecule has 2 aromatic rings. The molecule has 5 heteroatoms. The first-order chi connectivity index (χ1) is 9.68. The van der Waals surface area contributed by atoms with Crippen molar-refractivity contribution in [3.05, 3.63) is 48.0 Å². The zero-order valence-corrected chi connectivity index (χ0v) is 11.3. The van der Waals surface area contributed by atoms with Gasteiger partial charge in [-0.05, 0) is 16.3 Å². The Hall–Kier alpha value is -2.07. The van der Waals surface area contributed by atoms with E-state index in [1.165, 1.54) is 0 Å². The van der Waals surface area contributed by atoms with Crippen LogP contribution in [0.1, 0.15) is 10.9 Å². The highest BCUT2D eigenvalue weighted by Gasteiger charge is 2.33. The third kappa shape index (κ3) is 2.12.